The van der Waals surface area contributed by atoms with Gasteiger partial charge in [-0.15, -0.1) is 0 Å². The van der Waals surface area contributed by atoms with E-state index in [0.717, 1.165) is 24.0 Å². The van der Waals surface area contributed by atoms with Crippen molar-refractivity contribution in [2.24, 2.45) is 0 Å². The van der Waals surface area contributed by atoms with E-state index in [2.05, 4.69) is 25.8 Å². The second kappa shape index (κ2) is 7.60. The lowest BCUT2D eigenvalue weighted by molar-refractivity contribution is 0.319. The van der Waals surface area contributed by atoms with E-state index in [1.54, 1.807) is 23.5 Å². The summed E-state index contributed by atoms with van der Waals surface area (Å²) in [7, 11) is -1.85. The lowest BCUT2D eigenvalue weighted by Crippen LogP contribution is -2.37. The van der Waals surface area contributed by atoms with Crippen LogP contribution in [0.15, 0.2) is 47.5 Å². The molecule has 1 aromatic carbocycles. The van der Waals surface area contributed by atoms with E-state index in [-0.39, 0.29) is 5.41 Å². The molecule has 6 heteroatoms. The van der Waals surface area contributed by atoms with Crippen molar-refractivity contribution in [1.82, 2.24) is 9.29 Å². The molecule has 1 aliphatic rings. The molecule has 1 aromatic heterocycles. The van der Waals surface area contributed by atoms with Crippen LogP contribution in [-0.4, -0.2) is 37.9 Å². The van der Waals surface area contributed by atoms with Crippen LogP contribution in [0.3, 0.4) is 0 Å². The van der Waals surface area contributed by atoms with Crippen molar-refractivity contribution in [1.29, 1.82) is 0 Å². The largest absolute Gasteiger partial charge is 0.481 e. The molecule has 0 bridgehead atoms. The summed E-state index contributed by atoms with van der Waals surface area (Å²) in [6.07, 6.45) is 3.43. The first-order valence-corrected chi connectivity index (χ1v) is 10.8. The maximum atomic E-state index is 13.0. The zero-order chi connectivity index (χ0) is 19.7. The number of pyridine rings is 1. The fourth-order valence-corrected chi connectivity index (χ4v) is 4.93. The Bertz CT molecular complexity index is 861. The zero-order valence-corrected chi connectivity index (χ0v) is 17.3. The van der Waals surface area contributed by atoms with Gasteiger partial charge in [0.25, 0.3) is 0 Å². The second-order valence-electron chi connectivity index (χ2n) is 8.09. The number of methoxy groups -OCH3 is 1. The molecule has 0 radical (unpaired) electrons. The Balaban J connectivity index is 1.69. The molecule has 0 aliphatic carbocycles. The highest BCUT2D eigenvalue weighted by Crippen LogP contribution is 2.31. The van der Waals surface area contributed by atoms with Gasteiger partial charge in [-0.05, 0) is 47.4 Å². The standard InChI is InChI=1S/C21H28N2O3S/c1-21(2,3)18-6-8-19(9-7-18)27(24,25)23-13-11-16(12-14-23)17-5-10-20(26-4)22-15-17/h5-10,15-16H,11-14H2,1-4H3. The maximum Gasteiger partial charge on any atom is 0.243 e. The Labute approximate surface area is 162 Å². The molecule has 0 saturated carbocycles. The highest BCUT2D eigenvalue weighted by molar-refractivity contribution is 7.89. The average molecular weight is 389 g/mol. The highest BCUT2D eigenvalue weighted by atomic mass is 32.2. The summed E-state index contributed by atoms with van der Waals surface area (Å²) >= 11 is 0. The molecule has 2 heterocycles. The number of aromatic nitrogens is 1. The van der Waals surface area contributed by atoms with Crippen LogP contribution in [0.25, 0.3) is 0 Å². The molecule has 0 spiro atoms. The smallest absolute Gasteiger partial charge is 0.243 e. The van der Waals surface area contributed by atoms with Gasteiger partial charge in [0, 0.05) is 25.4 Å². The fourth-order valence-electron chi connectivity index (χ4n) is 3.46. The topological polar surface area (TPSA) is 59.5 Å². The Morgan fingerprint density at radius 2 is 1.67 bits per heavy atom. The summed E-state index contributed by atoms with van der Waals surface area (Å²) in [5, 5.41) is 0. The van der Waals surface area contributed by atoms with Gasteiger partial charge in [0.2, 0.25) is 15.9 Å². The molecule has 1 fully saturated rings. The molecule has 5 nitrogen and oxygen atoms in total. The van der Waals surface area contributed by atoms with Crippen molar-refractivity contribution in [2.75, 3.05) is 20.2 Å². The van der Waals surface area contributed by atoms with E-state index >= 15 is 0 Å². The Hall–Kier alpha value is -1.92. The molecule has 1 saturated heterocycles. The highest BCUT2D eigenvalue weighted by Gasteiger charge is 2.30. The number of benzene rings is 1. The zero-order valence-electron chi connectivity index (χ0n) is 16.5. The molecule has 0 N–H and O–H groups in total. The van der Waals surface area contributed by atoms with E-state index in [9.17, 15) is 8.42 Å². The van der Waals surface area contributed by atoms with Gasteiger partial charge in [0.15, 0.2) is 0 Å². The molecule has 2 aromatic rings. The van der Waals surface area contributed by atoms with E-state index in [4.69, 9.17) is 4.74 Å². The Morgan fingerprint density at radius 1 is 1.04 bits per heavy atom. The molecule has 3 rings (SSSR count). The summed E-state index contributed by atoms with van der Waals surface area (Å²) in [6, 6.07) is 11.2. The van der Waals surface area contributed by atoms with Crippen molar-refractivity contribution in [2.45, 2.75) is 49.8 Å². The van der Waals surface area contributed by atoms with Crippen LogP contribution in [0, 0.1) is 0 Å². The molecule has 0 unspecified atom stereocenters. The number of nitrogens with zero attached hydrogens (tertiary/aromatic N) is 2. The summed E-state index contributed by atoms with van der Waals surface area (Å²) in [5.74, 6) is 0.926. The first-order chi connectivity index (χ1) is 12.7. The molecule has 27 heavy (non-hydrogen) atoms. The summed E-state index contributed by atoms with van der Waals surface area (Å²) < 4.78 is 32.6. The predicted molar refractivity (Wildman–Crippen MR) is 107 cm³/mol. The quantitative estimate of drug-likeness (QED) is 0.796. The van der Waals surface area contributed by atoms with E-state index in [1.807, 2.05) is 30.5 Å². The van der Waals surface area contributed by atoms with Crippen LogP contribution in [0.2, 0.25) is 0 Å². The van der Waals surface area contributed by atoms with Crippen molar-refractivity contribution >= 4 is 10.0 Å². The number of ether oxygens (including phenoxy) is 1. The molecule has 0 amide bonds. The van der Waals surface area contributed by atoms with Gasteiger partial charge in [-0.1, -0.05) is 39.0 Å². The van der Waals surface area contributed by atoms with Crippen molar-refractivity contribution in [3.8, 4) is 5.88 Å². The van der Waals surface area contributed by atoms with Gasteiger partial charge in [-0.3, -0.25) is 0 Å². The molecule has 146 valence electrons. The van der Waals surface area contributed by atoms with Gasteiger partial charge in [0.05, 0.1) is 12.0 Å². The fraction of sp³-hybridized carbons (Fsp3) is 0.476. The first kappa shape index (κ1) is 19.8. The minimum atomic E-state index is -3.44. The van der Waals surface area contributed by atoms with Crippen LogP contribution in [0.5, 0.6) is 5.88 Å². The van der Waals surface area contributed by atoms with Gasteiger partial charge in [-0.2, -0.15) is 4.31 Å². The molecular weight excluding hydrogens is 360 g/mol. The molecular formula is C21H28N2O3S. The van der Waals surface area contributed by atoms with Crippen LogP contribution in [0.4, 0.5) is 0 Å². The number of sulfonamides is 1. The summed E-state index contributed by atoms with van der Waals surface area (Å²) in [4.78, 5) is 4.64. The minimum Gasteiger partial charge on any atom is -0.481 e. The number of piperidine rings is 1. The number of rotatable bonds is 4. The average Bonchev–Trinajstić information content (AvgIpc) is 2.67. The van der Waals surface area contributed by atoms with Gasteiger partial charge < -0.3 is 4.74 Å². The van der Waals surface area contributed by atoms with E-state index in [0.29, 0.717) is 29.8 Å². The van der Waals surface area contributed by atoms with Gasteiger partial charge in [-0.25, -0.2) is 13.4 Å². The third-order valence-electron chi connectivity index (χ3n) is 5.25. The van der Waals surface area contributed by atoms with Crippen molar-refractivity contribution in [3.05, 3.63) is 53.7 Å². The lowest BCUT2D eigenvalue weighted by atomic mass is 9.87. The van der Waals surface area contributed by atoms with E-state index in [1.165, 1.54) is 0 Å². The molecule has 1 aliphatic heterocycles. The van der Waals surface area contributed by atoms with Crippen LogP contribution in [0.1, 0.15) is 50.7 Å². The lowest BCUT2D eigenvalue weighted by Gasteiger charge is -2.31. The second-order valence-corrected chi connectivity index (χ2v) is 10.0. The monoisotopic (exact) mass is 388 g/mol. The normalized spacial score (nSPS) is 17.0. The first-order valence-electron chi connectivity index (χ1n) is 9.32. The number of hydrogen-bond acceptors (Lipinski definition) is 4. The van der Waals surface area contributed by atoms with Crippen molar-refractivity contribution in [3.63, 3.8) is 0 Å². The van der Waals surface area contributed by atoms with Crippen LogP contribution < -0.4 is 4.74 Å². The Kier molecular flexibility index (Phi) is 5.58. The molecule has 0 atom stereocenters. The van der Waals surface area contributed by atoms with Gasteiger partial charge in [0.1, 0.15) is 0 Å². The summed E-state index contributed by atoms with van der Waals surface area (Å²) in [6.45, 7) is 7.42. The Morgan fingerprint density at radius 3 is 2.15 bits per heavy atom. The predicted octanol–water partition coefficient (Wildman–Crippen LogP) is 3.96. The van der Waals surface area contributed by atoms with Crippen LogP contribution >= 0.6 is 0 Å². The van der Waals surface area contributed by atoms with Crippen molar-refractivity contribution < 1.29 is 13.2 Å². The summed E-state index contributed by atoms with van der Waals surface area (Å²) in [5.41, 5.74) is 2.28. The SMILES string of the molecule is COc1ccc(C2CCN(S(=O)(=O)c3ccc(C(C)(C)C)cc3)CC2)cn1. The maximum absolute atomic E-state index is 13.0. The number of hydrogen-bond donors (Lipinski definition) is 0. The van der Waals surface area contributed by atoms with Crippen LogP contribution in [-0.2, 0) is 15.4 Å². The van der Waals surface area contributed by atoms with E-state index < -0.39 is 10.0 Å². The van der Waals surface area contributed by atoms with Gasteiger partial charge >= 0.3 is 0 Å². The third kappa shape index (κ3) is 4.33. The third-order valence-corrected chi connectivity index (χ3v) is 7.16. The minimum absolute atomic E-state index is 0.00698.